The van der Waals surface area contributed by atoms with E-state index in [1.165, 1.54) is 0 Å². The van der Waals surface area contributed by atoms with E-state index >= 15 is 0 Å². The Labute approximate surface area is 104 Å². The van der Waals surface area contributed by atoms with Gasteiger partial charge in [-0.3, -0.25) is 0 Å². The van der Waals surface area contributed by atoms with Crippen LogP contribution in [0.3, 0.4) is 0 Å². The Morgan fingerprint density at radius 3 is 2.35 bits per heavy atom. The largest absolute Gasteiger partial charge is 0.493 e. The molecule has 1 atom stereocenters. The smallest absolute Gasteiger partial charge is 0.165 e. The summed E-state index contributed by atoms with van der Waals surface area (Å²) < 4.78 is 10.8. The second kappa shape index (κ2) is 6.50. The molecule has 1 N–H and O–H groups in total. The lowest BCUT2D eigenvalue weighted by Crippen LogP contribution is -2.25. The first kappa shape index (κ1) is 13.8. The molecule has 1 aromatic rings. The molecule has 0 aliphatic heterocycles. The number of ether oxygens (including phenoxy) is 2. The van der Waals surface area contributed by atoms with Crippen molar-refractivity contribution in [3.8, 4) is 11.5 Å². The third kappa shape index (κ3) is 3.13. The standard InChI is InChI=1S/C14H23NO2/c1-6-15-13(10(2)3)11-8-7-9-12(16-4)14(11)17-5/h7-10,13,15H,6H2,1-5H3. The average Bonchev–Trinajstić information content (AvgIpc) is 2.34. The van der Waals surface area contributed by atoms with Crippen LogP contribution in [0.1, 0.15) is 32.4 Å². The molecule has 17 heavy (non-hydrogen) atoms. The van der Waals surface area contributed by atoms with Crippen molar-refractivity contribution in [1.82, 2.24) is 5.32 Å². The van der Waals surface area contributed by atoms with Crippen LogP contribution >= 0.6 is 0 Å². The van der Waals surface area contributed by atoms with E-state index in [1.54, 1.807) is 14.2 Å². The summed E-state index contributed by atoms with van der Waals surface area (Å²) in [6.45, 7) is 7.45. The molecule has 0 aromatic heterocycles. The fourth-order valence-electron chi connectivity index (χ4n) is 2.08. The molecule has 3 heteroatoms. The number of benzene rings is 1. The summed E-state index contributed by atoms with van der Waals surface area (Å²) in [6.07, 6.45) is 0. The van der Waals surface area contributed by atoms with Gasteiger partial charge in [-0.1, -0.05) is 32.9 Å². The minimum atomic E-state index is 0.282. The highest BCUT2D eigenvalue weighted by Crippen LogP contribution is 2.36. The Kier molecular flexibility index (Phi) is 5.29. The highest BCUT2D eigenvalue weighted by Gasteiger charge is 2.20. The molecule has 0 saturated heterocycles. The van der Waals surface area contributed by atoms with Crippen LogP contribution in [0.15, 0.2) is 18.2 Å². The fraction of sp³-hybridized carbons (Fsp3) is 0.571. The van der Waals surface area contributed by atoms with Crippen molar-refractivity contribution in [2.75, 3.05) is 20.8 Å². The van der Waals surface area contributed by atoms with Crippen molar-refractivity contribution in [3.05, 3.63) is 23.8 Å². The molecular formula is C14H23NO2. The Bertz CT molecular complexity index is 350. The Balaban J connectivity index is 3.17. The van der Waals surface area contributed by atoms with Gasteiger partial charge in [0.1, 0.15) is 0 Å². The third-order valence-corrected chi connectivity index (χ3v) is 2.86. The van der Waals surface area contributed by atoms with E-state index in [-0.39, 0.29) is 6.04 Å². The van der Waals surface area contributed by atoms with Gasteiger partial charge in [-0.05, 0) is 18.5 Å². The summed E-state index contributed by atoms with van der Waals surface area (Å²) >= 11 is 0. The van der Waals surface area contributed by atoms with E-state index in [0.29, 0.717) is 5.92 Å². The van der Waals surface area contributed by atoms with Crippen LogP contribution in [0.25, 0.3) is 0 Å². The van der Waals surface area contributed by atoms with Crippen molar-refractivity contribution in [2.45, 2.75) is 26.8 Å². The quantitative estimate of drug-likeness (QED) is 0.825. The lowest BCUT2D eigenvalue weighted by Gasteiger charge is -2.25. The first-order valence-electron chi connectivity index (χ1n) is 6.09. The van der Waals surface area contributed by atoms with Gasteiger partial charge in [0.05, 0.1) is 14.2 Å². The maximum atomic E-state index is 5.48. The molecule has 0 fully saturated rings. The van der Waals surface area contributed by atoms with E-state index in [1.807, 2.05) is 12.1 Å². The van der Waals surface area contributed by atoms with Crippen LogP contribution in [0, 0.1) is 5.92 Å². The zero-order chi connectivity index (χ0) is 12.8. The highest BCUT2D eigenvalue weighted by molar-refractivity contribution is 5.48. The van der Waals surface area contributed by atoms with Crippen molar-refractivity contribution in [1.29, 1.82) is 0 Å². The number of hydrogen-bond donors (Lipinski definition) is 1. The highest BCUT2D eigenvalue weighted by atomic mass is 16.5. The van der Waals surface area contributed by atoms with Crippen molar-refractivity contribution in [3.63, 3.8) is 0 Å². The molecule has 0 aliphatic rings. The van der Waals surface area contributed by atoms with E-state index in [0.717, 1.165) is 23.6 Å². The number of hydrogen-bond acceptors (Lipinski definition) is 3. The normalized spacial score (nSPS) is 12.6. The van der Waals surface area contributed by atoms with Crippen molar-refractivity contribution < 1.29 is 9.47 Å². The monoisotopic (exact) mass is 237 g/mol. The van der Waals surface area contributed by atoms with Crippen LogP contribution < -0.4 is 14.8 Å². The van der Waals surface area contributed by atoms with Gasteiger partial charge in [-0.15, -0.1) is 0 Å². The summed E-state index contributed by atoms with van der Waals surface area (Å²) in [5.74, 6) is 2.11. The van der Waals surface area contributed by atoms with Gasteiger partial charge < -0.3 is 14.8 Å². The zero-order valence-corrected chi connectivity index (χ0v) is 11.4. The second-order valence-corrected chi connectivity index (χ2v) is 4.36. The maximum absolute atomic E-state index is 5.48. The summed E-state index contributed by atoms with van der Waals surface area (Å²) in [4.78, 5) is 0. The van der Waals surface area contributed by atoms with Crippen molar-refractivity contribution in [2.24, 2.45) is 5.92 Å². The minimum Gasteiger partial charge on any atom is -0.493 e. The topological polar surface area (TPSA) is 30.5 Å². The molecule has 1 rings (SSSR count). The van der Waals surface area contributed by atoms with E-state index in [4.69, 9.17) is 9.47 Å². The molecule has 0 radical (unpaired) electrons. The maximum Gasteiger partial charge on any atom is 0.165 e. The summed E-state index contributed by atoms with van der Waals surface area (Å²) in [5, 5.41) is 3.49. The predicted molar refractivity (Wildman–Crippen MR) is 70.8 cm³/mol. The zero-order valence-electron chi connectivity index (χ0n) is 11.4. The lowest BCUT2D eigenvalue weighted by atomic mass is 9.95. The first-order valence-corrected chi connectivity index (χ1v) is 6.09. The third-order valence-electron chi connectivity index (χ3n) is 2.86. The summed E-state index contributed by atoms with van der Waals surface area (Å²) in [5.41, 5.74) is 1.16. The van der Waals surface area contributed by atoms with Gasteiger partial charge in [0.15, 0.2) is 11.5 Å². The molecule has 0 spiro atoms. The molecule has 0 heterocycles. The van der Waals surface area contributed by atoms with Crippen LogP contribution in [-0.4, -0.2) is 20.8 Å². The molecule has 3 nitrogen and oxygen atoms in total. The lowest BCUT2D eigenvalue weighted by molar-refractivity contribution is 0.337. The number of nitrogens with one attached hydrogen (secondary N) is 1. The molecular weight excluding hydrogens is 214 g/mol. The minimum absolute atomic E-state index is 0.282. The Hall–Kier alpha value is -1.22. The van der Waals surface area contributed by atoms with E-state index in [9.17, 15) is 0 Å². The fourth-order valence-corrected chi connectivity index (χ4v) is 2.08. The van der Waals surface area contributed by atoms with Crippen LogP contribution in [0.2, 0.25) is 0 Å². The van der Waals surface area contributed by atoms with Gasteiger partial charge in [0, 0.05) is 11.6 Å². The summed E-state index contributed by atoms with van der Waals surface area (Å²) in [7, 11) is 3.35. The van der Waals surface area contributed by atoms with Crippen LogP contribution in [-0.2, 0) is 0 Å². The molecule has 0 aliphatic carbocycles. The van der Waals surface area contributed by atoms with Gasteiger partial charge in [0.2, 0.25) is 0 Å². The van der Waals surface area contributed by atoms with Gasteiger partial charge >= 0.3 is 0 Å². The van der Waals surface area contributed by atoms with Crippen LogP contribution in [0.4, 0.5) is 0 Å². The average molecular weight is 237 g/mol. The number of rotatable bonds is 6. The van der Waals surface area contributed by atoms with Crippen LogP contribution in [0.5, 0.6) is 11.5 Å². The van der Waals surface area contributed by atoms with Gasteiger partial charge in [0.25, 0.3) is 0 Å². The Morgan fingerprint density at radius 1 is 1.18 bits per heavy atom. The predicted octanol–water partition coefficient (Wildman–Crippen LogP) is 3.01. The molecule has 0 amide bonds. The molecule has 96 valence electrons. The number of methoxy groups -OCH3 is 2. The van der Waals surface area contributed by atoms with Crippen molar-refractivity contribution >= 4 is 0 Å². The first-order chi connectivity index (χ1) is 8.15. The summed E-state index contributed by atoms with van der Waals surface area (Å²) in [6, 6.07) is 6.30. The molecule has 0 saturated carbocycles. The van der Waals surface area contributed by atoms with E-state index in [2.05, 4.69) is 32.2 Å². The Morgan fingerprint density at radius 2 is 1.88 bits per heavy atom. The molecule has 0 bridgehead atoms. The molecule has 1 aromatic carbocycles. The SMILES string of the molecule is CCNC(c1cccc(OC)c1OC)C(C)C. The van der Waals surface area contributed by atoms with Gasteiger partial charge in [-0.2, -0.15) is 0 Å². The molecule has 1 unspecified atom stereocenters. The number of para-hydroxylation sites is 1. The van der Waals surface area contributed by atoms with Gasteiger partial charge in [-0.25, -0.2) is 0 Å². The second-order valence-electron chi connectivity index (χ2n) is 4.36. The van der Waals surface area contributed by atoms with E-state index < -0.39 is 0 Å².